The number of ether oxygens (including phenoxy) is 2. The first-order valence-electron chi connectivity index (χ1n) is 12.9. The van der Waals surface area contributed by atoms with Crippen LogP contribution in [0.2, 0.25) is 0 Å². The molecule has 116 valence electrons. The highest BCUT2D eigenvalue weighted by molar-refractivity contribution is 5.62. The van der Waals surface area contributed by atoms with Gasteiger partial charge < -0.3 is 19.5 Å². The Kier molecular flexibility index (Phi) is 1.08. The lowest BCUT2D eigenvalue weighted by molar-refractivity contribution is -0.0453. The molecule has 0 amide bonds. The van der Waals surface area contributed by atoms with Crippen molar-refractivity contribution in [2.45, 2.75) is 36.4 Å². The second-order valence-electron chi connectivity index (χ2n) is 5.69. The molecule has 2 bridgehead atoms. The zero-order valence-corrected chi connectivity index (χ0v) is 11.7. The van der Waals surface area contributed by atoms with Crippen LogP contribution in [0, 0.1) is 5.89 Å². The molecule has 2 aliphatic heterocycles. The molecule has 4 aliphatic rings. The summed E-state index contributed by atoms with van der Waals surface area (Å²) in [6.45, 7) is -3.49. The Bertz CT molecular complexity index is 1160. The summed E-state index contributed by atoms with van der Waals surface area (Å²) in [5, 5.41) is 4.60. The number of aliphatic hydroxyl groups is 1. The SMILES string of the molecule is [2H]OC1([2H])C=C[C@]2([2H])[C@@]34CCN(C([2H])([2H])[2H])[C@]2([2H])C([2H])([2H])c2c([2H])c([2H])c(OC)c(c23)OC14[2H]. The Morgan fingerprint density at radius 2 is 2.59 bits per heavy atom. The standard InChI is InChI=1S/C18H21NO3/c1-19-8-7-18-11-4-5-13(20)17(18)22-16-14(21-2)6-3-10(15(16)18)9-12(11)19/h3-6,11-13,17,20H,7-9H2,1-2H3/t11-,12+,13?,17?,18-/m0/s1/i1D3,3D,6D,9D2,11D,12D,13D,17D,20D. The van der Waals surface area contributed by atoms with E-state index < -0.39 is 67.0 Å². The van der Waals surface area contributed by atoms with Crippen LogP contribution in [0.3, 0.4) is 0 Å². The molecule has 1 aromatic carbocycles. The van der Waals surface area contributed by atoms with Gasteiger partial charge in [0, 0.05) is 32.5 Å². The lowest BCUT2D eigenvalue weighted by Crippen LogP contribution is -2.64. The lowest BCUT2D eigenvalue weighted by atomic mass is 9.53. The van der Waals surface area contributed by atoms with E-state index in [-0.39, 0.29) is 23.5 Å². The van der Waals surface area contributed by atoms with Gasteiger partial charge in [-0.25, -0.2) is 0 Å². The smallest absolute Gasteiger partial charge is 0.211 e. The largest absolute Gasteiger partial charge is 0.493 e. The van der Waals surface area contributed by atoms with Crippen molar-refractivity contribution in [3.63, 3.8) is 0 Å². The highest BCUT2D eigenvalue weighted by Crippen LogP contribution is 2.62. The van der Waals surface area contributed by atoms with Gasteiger partial charge in [0.15, 0.2) is 11.5 Å². The van der Waals surface area contributed by atoms with Gasteiger partial charge in [0.1, 0.15) is 12.2 Å². The van der Waals surface area contributed by atoms with Crippen LogP contribution in [0.15, 0.2) is 24.2 Å². The van der Waals surface area contributed by atoms with Crippen molar-refractivity contribution in [3.05, 3.63) is 35.4 Å². The molecule has 1 spiro atoms. The highest BCUT2D eigenvalue weighted by Gasteiger charge is 2.64. The molecule has 4 nitrogen and oxygen atoms in total. The first-order chi connectivity index (χ1) is 15.5. The first-order valence-corrected chi connectivity index (χ1v) is 7.00. The first kappa shape index (κ1) is 5.84. The van der Waals surface area contributed by atoms with Crippen LogP contribution in [0.1, 0.15) is 32.6 Å². The Morgan fingerprint density at radius 1 is 1.64 bits per heavy atom. The van der Waals surface area contributed by atoms with Crippen LogP contribution in [0.5, 0.6) is 11.5 Å². The third kappa shape index (κ3) is 1.28. The third-order valence-corrected chi connectivity index (χ3v) is 4.77. The summed E-state index contributed by atoms with van der Waals surface area (Å²) in [6.07, 6.45) is -6.82. The van der Waals surface area contributed by atoms with E-state index in [1.54, 1.807) is 0 Å². The highest BCUT2D eigenvalue weighted by atomic mass is 16.5. The van der Waals surface area contributed by atoms with E-state index >= 15 is 0 Å². The molecule has 5 atom stereocenters. The molecule has 0 radical (unpaired) electrons. The van der Waals surface area contributed by atoms with Crippen LogP contribution in [0.25, 0.3) is 0 Å². The number of piperidine rings is 1. The summed E-state index contributed by atoms with van der Waals surface area (Å²) in [5.41, 5.74) is -2.85. The molecular weight excluding hydrogens is 278 g/mol. The average molecular weight is 311 g/mol. The van der Waals surface area contributed by atoms with Gasteiger partial charge in [-0.15, -0.1) is 0 Å². The molecule has 22 heavy (non-hydrogen) atoms. The number of hydrogen-bond donors (Lipinski definition) is 1. The van der Waals surface area contributed by atoms with Crippen LogP contribution >= 0.6 is 0 Å². The average Bonchev–Trinajstić information content (AvgIpc) is 3.00. The van der Waals surface area contributed by atoms with Crippen LogP contribution in [-0.4, -0.2) is 50.2 Å². The van der Waals surface area contributed by atoms with E-state index in [4.69, 9.17) is 21.9 Å². The van der Waals surface area contributed by atoms with Gasteiger partial charge in [0.2, 0.25) is 1.43 Å². The van der Waals surface area contributed by atoms with Crippen molar-refractivity contribution in [1.82, 2.24) is 4.90 Å². The quantitative estimate of drug-likeness (QED) is 0.841. The Morgan fingerprint density at radius 3 is 3.41 bits per heavy atom. The normalized spacial score (nSPS) is 65.1. The minimum absolute atomic E-state index is 0.188. The number of rotatable bonds is 2. The summed E-state index contributed by atoms with van der Waals surface area (Å²) in [5.74, 6) is -3.20. The lowest BCUT2D eigenvalue weighted by Gasteiger charge is -2.56. The number of likely N-dealkylation sites (tertiary alicyclic amines) is 1. The Labute approximate surface area is 147 Å². The molecule has 1 aromatic rings. The third-order valence-electron chi connectivity index (χ3n) is 4.77. The second-order valence-corrected chi connectivity index (χ2v) is 5.69. The van der Waals surface area contributed by atoms with E-state index in [2.05, 4.69) is 5.11 Å². The summed E-state index contributed by atoms with van der Waals surface area (Å²) in [7, 11) is 1.18. The molecule has 1 fully saturated rings. The molecule has 2 aliphatic carbocycles. The molecular formula is C18H21NO3. The molecule has 1 saturated heterocycles. The predicted octanol–water partition coefficient (Wildman–Crippen LogP) is 1.50. The monoisotopic (exact) mass is 311 g/mol. The maximum absolute atomic E-state index is 9.51. The molecule has 1 N–H and O–H groups in total. The minimum atomic E-state index is -3.02. The number of likely N-dealkylation sites (N-methyl/N-ethyl adjacent to an activating group) is 1. The Hall–Kier alpha value is -1.52. The topological polar surface area (TPSA) is 41.9 Å². The summed E-state index contributed by atoms with van der Waals surface area (Å²) in [6, 6.07) is -4.26. The maximum atomic E-state index is 9.51. The van der Waals surface area contributed by atoms with E-state index in [1.807, 2.05) is 0 Å². The number of nitrogens with zero attached hydrogens (tertiary/aromatic N) is 1. The van der Waals surface area contributed by atoms with Crippen LogP contribution in [0.4, 0.5) is 0 Å². The van der Waals surface area contributed by atoms with Crippen molar-refractivity contribution >= 4 is 0 Å². The van der Waals surface area contributed by atoms with Gasteiger partial charge in [-0.05, 0) is 37.9 Å². The van der Waals surface area contributed by atoms with E-state index in [0.717, 1.165) is 12.2 Å². The van der Waals surface area contributed by atoms with Gasteiger partial charge in [-0.3, -0.25) is 0 Å². The van der Waals surface area contributed by atoms with Crippen molar-refractivity contribution in [2.75, 3.05) is 20.6 Å². The molecule has 0 aromatic heterocycles. The van der Waals surface area contributed by atoms with Gasteiger partial charge >= 0.3 is 0 Å². The van der Waals surface area contributed by atoms with Gasteiger partial charge in [-0.2, -0.15) is 0 Å². The maximum Gasteiger partial charge on any atom is 0.211 e. The zero-order chi connectivity index (χ0) is 25.5. The summed E-state index contributed by atoms with van der Waals surface area (Å²) in [4.78, 5) is 0.565. The zero-order valence-electron chi connectivity index (χ0n) is 23.7. The van der Waals surface area contributed by atoms with Crippen molar-refractivity contribution in [3.8, 4) is 11.5 Å². The summed E-state index contributed by atoms with van der Waals surface area (Å²) < 4.78 is 115. The number of benzene rings is 1. The molecule has 2 heterocycles. The van der Waals surface area contributed by atoms with E-state index in [9.17, 15) is 4.11 Å². The van der Waals surface area contributed by atoms with Gasteiger partial charge in [0.25, 0.3) is 0 Å². The van der Waals surface area contributed by atoms with Crippen LogP contribution in [-0.2, 0) is 11.8 Å². The van der Waals surface area contributed by atoms with Crippen molar-refractivity contribution in [1.29, 1.82) is 1.43 Å². The molecule has 5 rings (SSSR count). The van der Waals surface area contributed by atoms with E-state index in [0.29, 0.717) is 4.90 Å². The molecule has 4 heteroatoms. The second kappa shape index (κ2) is 4.06. The summed E-state index contributed by atoms with van der Waals surface area (Å²) >= 11 is 0. The van der Waals surface area contributed by atoms with Crippen LogP contribution < -0.4 is 9.47 Å². The fourth-order valence-corrected chi connectivity index (χ4v) is 3.85. The minimum Gasteiger partial charge on any atom is -0.493 e. The predicted molar refractivity (Wildman–Crippen MR) is 82.5 cm³/mol. The fraction of sp³-hybridized carbons (Fsp3) is 0.556. The van der Waals surface area contributed by atoms with Gasteiger partial charge in [0.05, 0.1) is 12.6 Å². The van der Waals surface area contributed by atoms with Crippen molar-refractivity contribution < 1.29 is 29.7 Å². The van der Waals surface area contributed by atoms with Crippen molar-refractivity contribution in [2.24, 2.45) is 5.89 Å². The number of hydrogen-bond acceptors (Lipinski definition) is 4. The molecule has 0 saturated carbocycles. The Balaban J connectivity index is 2.06. The van der Waals surface area contributed by atoms with E-state index in [1.165, 1.54) is 7.11 Å². The van der Waals surface area contributed by atoms with Gasteiger partial charge in [-0.1, -0.05) is 18.2 Å². The number of methoxy groups -OCH3 is 1. The molecule has 2 unspecified atom stereocenters. The fourth-order valence-electron chi connectivity index (χ4n) is 3.85.